The summed E-state index contributed by atoms with van der Waals surface area (Å²) in [5, 5.41) is 5.75. The van der Waals surface area contributed by atoms with Crippen molar-refractivity contribution in [2.24, 2.45) is 12.8 Å². The molecular weight excluding hydrogens is 206 g/mol. The highest BCUT2D eigenvalue weighted by Crippen LogP contribution is 2.25. The van der Waals surface area contributed by atoms with Crippen molar-refractivity contribution in [2.75, 3.05) is 12.3 Å². The van der Waals surface area contributed by atoms with E-state index in [0.29, 0.717) is 6.54 Å². The lowest BCUT2D eigenvalue weighted by Crippen LogP contribution is -2.04. The second-order valence-corrected chi connectivity index (χ2v) is 4.82. The van der Waals surface area contributed by atoms with Crippen molar-refractivity contribution in [3.05, 3.63) is 11.3 Å². The summed E-state index contributed by atoms with van der Waals surface area (Å²) in [6.07, 6.45) is 3.45. The average molecular weight is 227 g/mol. The second-order valence-electron chi connectivity index (χ2n) is 3.73. The van der Waals surface area contributed by atoms with Gasteiger partial charge >= 0.3 is 0 Å². The lowest BCUT2D eigenvalue weighted by atomic mass is 10.2. The van der Waals surface area contributed by atoms with Gasteiger partial charge in [-0.3, -0.25) is 4.68 Å². The molecule has 4 heteroatoms. The number of thioether (sulfide) groups is 1. The maximum atomic E-state index is 5.62. The minimum absolute atomic E-state index is 0.702. The average Bonchev–Trinajstić information content (AvgIpc) is 2.45. The Morgan fingerprint density at radius 1 is 1.47 bits per heavy atom. The summed E-state index contributed by atoms with van der Waals surface area (Å²) < 4.78 is 1.99. The van der Waals surface area contributed by atoms with Crippen LogP contribution in [0.1, 0.15) is 31.0 Å². The Morgan fingerprint density at radius 2 is 2.20 bits per heavy atom. The number of hydrogen-bond donors (Lipinski definition) is 1. The Bertz CT molecular complexity index is 307. The molecule has 0 aliphatic carbocycles. The first-order chi connectivity index (χ1) is 7.20. The van der Waals surface area contributed by atoms with Crippen molar-refractivity contribution in [1.29, 1.82) is 0 Å². The maximum Gasteiger partial charge on any atom is 0.0971 e. The summed E-state index contributed by atoms with van der Waals surface area (Å²) in [6.45, 7) is 4.98. The number of aromatic nitrogens is 2. The zero-order valence-electron chi connectivity index (χ0n) is 9.92. The summed E-state index contributed by atoms with van der Waals surface area (Å²) in [7, 11) is 2.02. The van der Waals surface area contributed by atoms with E-state index in [1.807, 2.05) is 23.5 Å². The molecule has 0 unspecified atom stereocenters. The van der Waals surface area contributed by atoms with Crippen LogP contribution < -0.4 is 5.73 Å². The van der Waals surface area contributed by atoms with Gasteiger partial charge in [0.25, 0.3) is 0 Å². The van der Waals surface area contributed by atoms with Crippen molar-refractivity contribution < 1.29 is 0 Å². The molecule has 1 rings (SSSR count). The number of unbranched alkanes of at least 4 members (excludes halogenated alkanes) is 1. The molecule has 0 atom stereocenters. The first kappa shape index (κ1) is 12.6. The molecule has 0 saturated heterocycles. The minimum atomic E-state index is 0.702. The summed E-state index contributed by atoms with van der Waals surface area (Å²) in [4.78, 5) is 0. The summed E-state index contributed by atoms with van der Waals surface area (Å²) in [5.74, 6) is 1.17. The van der Waals surface area contributed by atoms with Crippen LogP contribution in [0, 0.1) is 6.92 Å². The quantitative estimate of drug-likeness (QED) is 0.598. The van der Waals surface area contributed by atoms with Gasteiger partial charge in [-0.05, 0) is 32.1 Å². The van der Waals surface area contributed by atoms with Crippen molar-refractivity contribution in [2.45, 2.75) is 38.1 Å². The van der Waals surface area contributed by atoms with Gasteiger partial charge in [0.1, 0.15) is 0 Å². The van der Waals surface area contributed by atoms with Gasteiger partial charge in [-0.2, -0.15) is 5.10 Å². The van der Waals surface area contributed by atoms with E-state index in [0.717, 1.165) is 12.1 Å². The molecule has 15 heavy (non-hydrogen) atoms. The van der Waals surface area contributed by atoms with Crippen LogP contribution in [0.2, 0.25) is 0 Å². The first-order valence-electron chi connectivity index (χ1n) is 5.56. The molecule has 0 saturated carbocycles. The third-order valence-electron chi connectivity index (χ3n) is 2.42. The van der Waals surface area contributed by atoms with Crippen LogP contribution in [0.25, 0.3) is 0 Å². The highest BCUT2D eigenvalue weighted by Gasteiger charge is 2.12. The van der Waals surface area contributed by atoms with Gasteiger partial charge in [-0.1, -0.05) is 13.3 Å². The highest BCUT2D eigenvalue weighted by atomic mass is 32.2. The smallest absolute Gasteiger partial charge is 0.0971 e. The van der Waals surface area contributed by atoms with Crippen molar-refractivity contribution >= 4 is 11.8 Å². The molecular formula is C11H21N3S. The standard InChI is InChI=1S/C11H21N3S/c1-4-5-8-15-11-10(6-7-12)9(2)13-14(11)3/h4-8,12H2,1-3H3. The summed E-state index contributed by atoms with van der Waals surface area (Å²) in [5.41, 5.74) is 8.08. The Morgan fingerprint density at radius 3 is 2.80 bits per heavy atom. The van der Waals surface area contributed by atoms with Crippen LogP contribution in [0.4, 0.5) is 0 Å². The molecule has 0 fully saturated rings. The van der Waals surface area contributed by atoms with E-state index in [-0.39, 0.29) is 0 Å². The first-order valence-corrected chi connectivity index (χ1v) is 6.54. The zero-order valence-corrected chi connectivity index (χ0v) is 10.7. The number of rotatable bonds is 6. The lowest BCUT2D eigenvalue weighted by Gasteiger charge is -2.04. The Balaban J connectivity index is 2.74. The highest BCUT2D eigenvalue weighted by molar-refractivity contribution is 7.99. The molecule has 1 aromatic heterocycles. The van der Waals surface area contributed by atoms with Crippen LogP contribution >= 0.6 is 11.8 Å². The fourth-order valence-corrected chi connectivity index (χ4v) is 2.88. The van der Waals surface area contributed by atoms with Gasteiger partial charge in [-0.15, -0.1) is 11.8 Å². The lowest BCUT2D eigenvalue weighted by molar-refractivity contribution is 0.687. The van der Waals surface area contributed by atoms with E-state index in [1.165, 1.54) is 29.2 Å². The van der Waals surface area contributed by atoms with Gasteiger partial charge in [0.05, 0.1) is 10.7 Å². The van der Waals surface area contributed by atoms with Crippen molar-refractivity contribution in [1.82, 2.24) is 9.78 Å². The molecule has 86 valence electrons. The molecule has 0 aliphatic rings. The molecule has 0 amide bonds. The minimum Gasteiger partial charge on any atom is -0.330 e. The van der Waals surface area contributed by atoms with E-state index in [2.05, 4.69) is 18.9 Å². The number of hydrogen-bond acceptors (Lipinski definition) is 3. The number of nitrogens with zero attached hydrogens (tertiary/aromatic N) is 2. The van der Waals surface area contributed by atoms with Crippen LogP contribution in [-0.2, 0) is 13.5 Å². The Kier molecular flexibility index (Phi) is 5.19. The topological polar surface area (TPSA) is 43.8 Å². The molecule has 0 spiro atoms. The van der Waals surface area contributed by atoms with E-state index >= 15 is 0 Å². The predicted octanol–water partition coefficient (Wildman–Crippen LogP) is 2.12. The zero-order chi connectivity index (χ0) is 11.3. The Labute approximate surface area is 96.4 Å². The van der Waals surface area contributed by atoms with E-state index < -0.39 is 0 Å². The molecule has 0 bridgehead atoms. The molecule has 1 aromatic rings. The van der Waals surface area contributed by atoms with E-state index in [1.54, 1.807) is 0 Å². The number of aryl methyl sites for hydroxylation is 2. The third kappa shape index (κ3) is 3.24. The largest absolute Gasteiger partial charge is 0.330 e. The van der Waals surface area contributed by atoms with E-state index in [9.17, 15) is 0 Å². The molecule has 1 heterocycles. The molecule has 3 nitrogen and oxygen atoms in total. The van der Waals surface area contributed by atoms with Gasteiger partial charge in [0.15, 0.2) is 0 Å². The molecule has 2 N–H and O–H groups in total. The molecule has 0 aliphatic heterocycles. The summed E-state index contributed by atoms with van der Waals surface area (Å²) >= 11 is 1.90. The SMILES string of the molecule is CCCCSc1c(CCN)c(C)nn1C. The molecule has 0 aromatic carbocycles. The fraction of sp³-hybridized carbons (Fsp3) is 0.727. The van der Waals surface area contributed by atoms with Gasteiger partial charge in [0.2, 0.25) is 0 Å². The normalized spacial score (nSPS) is 10.9. The monoisotopic (exact) mass is 227 g/mol. The van der Waals surface area contributed by atoms with Crippen LogP contribution in [0.15, 0.2) is 5.03 Å². The van der Waals surface area contributed by atoms with Crippen LogP contribution in [0.3, 0.4) is 0 Å². The maximum absolute atomic E-state index is 5.62. The van der Waals surface area contributed by atoms with Gasteiger partial charge < -0.3 is 5.73 Å². The predicted molar refractivity (Wildman–Crippen MR) is 66.3 cm³/mol. The third-order valence-corrected chi connectivity index (χ3v) is 3.70. The number of nitrogens with two attached hydrogens (primary N) is 1. The summed E-state index contributed by atoms with van der Waals surface area (Å²) in [6, 6.07) is 0. The Hall–Kier alpha value is -0.480. The fourth-order valence-electron chi connectivity index (χ4n) is 1.61. The van der Waals surface area contributed by atoms with E-state index in [4.69, 9.17) is 5.73 Å². The van der Waals surface area contributed by atoms with Crippen molar-refractivity contribution in [3.8, 4) is 0 Å². The van der Waals surface area contributed by atoms with Crippen LogP contribution in [0.5, 0.6) is 0 Å². The van der Waals surface area contributed by atoms with Gasteiger partial charge in [-0.25, -0.2) is 0 Å². The molecule has 0 radical (unpaired) electrons. The van der Waals surface area contributed by atoms with Crippen LogP contribution in [-0.4, -0.2) is 22.1 Å². The second kappa shape index (κ2) is 6.18. The van der Waals surface area contributed by atoms with Gasteiger partial charge in [0, 0.05) is 12.6 Å². The van der Waals surface area contributed by atoms with Crippen molar-refractivity contribution in [3.63, 3.8) is 0 Å².